The Morgan fingerprint density at radius 1 is 0.979 bits per heavy atom. The second kappa shape index (κ2) is 16.2. The van der Waals surface area contributed by atoms with Gasteiger partial charge in [-0.2, -0.15) is 5.26 Å². The standard InChI is InChI=1S/C37H36N4O5S2/c1-4-31(36(44)41-37-28(22-38)27-17-8-9-19-32(27)48-37)47-26-16-11-15-25(21-26)39-35(43)29(40-34(42)23-12-6-5-7-13-23)20-24-14-10-18-30(45-2)33(24)46-3/h5-7,10-16,18,20-21,31H,4,8-9,17,19H2,1-3H3,(H,39,43)(H,40,42)(H,41,44)/b29-20+. The molecule has 9 nitrogen and oxygen atoms in total. The van der Waals surface area contributed by atoms with Crippen LogP contribution in [0.5, 0.6) is 11.5 Å². The van der Waals surface area contributed by atoms with Gasteiger partial charge in [0, 0.05) is 26.6 Å². The lowest BCUT2D eigenvalue weighted by atomic mass is 9.96. The first kappa shape index (κ1) is 34.3. The maximum atomic E-state index is 13.7. The molecule has 246 valence electrons. The quantitative estimate of drug-likeness (QED) is 0.105. The molecule has 5 rings (SSSR count). The number of thioether (sulfide) groups is 1. The van der Waals surface area contributed by atoms with Crippen molar-refractivity contribution >= 4 is 57.6 Å². The van der Waals surface area contributed by atoms with Gasteiger partial charge in [-0.3, -0.25) is 14.4 Å². The molecule has 0 bridgehead atoms. The van der Waals surface area contributed by atoms with Crippen LogP contribution in [0.1, 0.15) is 58.1 Å². The number of hydrogen-bond acceptors (Lipinski definition) is 8. The van der Waals surface area contributed by atoms with Crippen LogP contribution in [-0.4, -0.2) is 37.2 Å². The van der Waals surface area contributed by atoms with Crippen LogP contribution in [-0.2, 0) is 22.4 Å². The number of carbonyl (C=O) groups excluding carboxylic acids is 3. The SMILES string of the molecule is CCC(Sc1cccc(NC(=O)/C(=C\c2cccc(OC)c2OC)NC(=O)c2ccccc2)c1)C(=O)Nc1sc2c(c1C#N)CCCC2. The normalized spacial score (nSPS) is 13.0. The zero-order chi connectivity index (χ0) is 34.0. The molecule has 1 atom stereocenters. The second-order valence-electron chi connectivity index (χ2n) is 11.0. The summed E-state index contributed by atoms with van der Waals surface area (Å²) in [5, 5.41) is 18.7. The van der Waals surface area contributed by atoms with Crippen molar-refractivity contribution < 1.29 is 23.9 Å². The fraction of sp³-hybridized carbons (Fsp3) is 0.243. The van der Waals surface area contributed by atoms with E-state index in [1.165, 1.54) is 48.3 Å². The van der Waals surface area contributed by atoms with Crippen LogP contribution in [0.4, 0.5) is 10.7 Å². The van der Waals surface area contributed by atoms with Gasteiger partial charge in [-0.15, -0.1) is 23.1 Å². The predicted molar refractivity (Wildman–Crippen MR) is 191 cm³/mol. The molecule has 0 radical (unpaired) electrons. The number of aryl methyl sites for hydroxylation is 1. The molecule has 0 saturated heterocycles. The van der Waals surface area contributed by atoms with Gasteiger partial charge in [-0.05, 0) is 80.1 Å². The van der Waals surface area contributed by atoms with E-state index in [1.807, 2.05) is 13.0 Å². The number of fused-ring (bicyclic) bond motifs is 1. The van der Waals surface area contributed by atoms with Crippen molar-refractivity contribution in [2.75, 3.05) is 24.9 Å². The largest absolute Gasteiger partial charge is 0.493 e. The summed E-state index contributed by atoms with van der Waals surface area (Å²) in [5.74, 6) is -0.297. The highest BCUT2D eigenvalue weighted by Crippen LogP contribution is 2.38. The van der Waals surface area contributed by atoms with Crippen LogP contribution >= 0.6 is 23.1 Å². The molecule has 0 saturated carbocycles. The molecule has 1 aliphatic rings. The third-order valence-corrected chi connectivity index (χ3v) is 10.4. The number of ether oxygens (including phenoxy) is 2. The topological polar surface area (TPSA) is 130 Å². The van der Waals surface area contributed by atoms with Crippen LogP contribution in [0, 0.1) is 11.3 Å². The molecule has 1 aliphatic carbocycles. The first-order valence-electron chi connectivity index (χ1n) is 15.6. The van der Waals surface area contributed by atoms with Crippen molar-refractivity contribution in [1.29, 1.82) is 5.26 Å². The van der Waals surface area contributed by atoms with Crippen molar-refractivity contribution in [3.8, 4) is 17.6 Å². The molecule has 0 fully saturated rings. The summed E-state index contributed by atoms with van der Waals surface area (Å²) in [6, 6.07) is 23.3. The third-order valence-electron chi connectivity index (χ3n) is 7.82. The number of para-hydroxylation sites is 1. The lowest BCUT2D eigenvalue weighted by Gasteiger charge is -2.16. The fourth-order valence-corrected chi connectivity index (χ4v) is 7.68. The van der Waals surface area contributed by atoms with E-state index in [0.29, 0.717) is 45.3 Å². The van der Waals surface area contributed by atoms with E-state index in [1.54, 1.807) is 66.7 Å². The van der Waals surface area contributed by atoms with Gasteiger partial charge in [0.05, 0.1) is 25.0 Å². The van der Waals surface area contributed by atoms with Gasteiger partial charge in [0.15, 0.2) is 11.5 Å². The van der Waals surface area contributed by atoms with Gasteiger partial charge in [0.2, 0.25) is 5.91 Å². The number of nitrogens with zero attached hydrogens (tertiary/aromatic N) is 1. The second-order valence-corrected chi connectivity index (χ2v) is 13.4. The van der Waals surface area contributed by atoms with E-state index in [-0.39, 0.29) is 11.6 Å². The minimum Gasteiger partial charge on any atom is -0.493 e. The summed E-state index contributed by atoms with van der Waals surface area (Å²) in [6.45, 7) is 1.94. The molecule has 3 N–H and O–H groups in total. The average Bonchev–Trinajstić information content (AvgIpc) is 3.47. The summed E-state index contributed by atoms with van der Waals surface area (Å²) in [5.41, 5.74) is 3.05. The Kier molecular flexibility index (Phi) is 11.6. The number of nitrogens with one attached hydrogen (secondary N) is 3. The number of hydrogen-bond donors (Lipinski definition) is 3. The molecule has 1 unspecified atom stereocenters. The van der Waals surface area contributed by atoms with Crippen molar-refractivity contribution in [1.82, 2.24) is 5.32 Å². The van der Waals surface area contributed by atoms with Crippen LogP contribution < -0.4 is 25.4 Å². The molecule has 0 spiro atoms. The molecule has 1 aromatic heterocycles. The summed E-state index contributed by atoms with van der Waals surface area (Å²) < 4.78 is 11.0. The van der Waals surface area contributed by atoms with Crippen LogP contribution in [0.2, 0.25) is 0 Å². The van der Waals surface area contributed by atoms with Gasteiger partial charge in [0.1, 0.15) is 16.8 Å². The van der Waals surface area contributed by atoms with Crippen LogP contribution in [0.25, 0.3) is 6.08 Å². The number of methoxy groups -OCH3 is 2. The highest BCUT2D eigenvalue weighted by atomic mass is 32.2. The number of anilines is 2. The maximum absolute atomic E-state index is 13.7. The number of amides is 3. The number of rotatable bonds is 12. The van der Waals surface area contributed by atoms with Crippen LogP contribution in [0.15, 0.2) is 83.4 Å². The Balaban J connectivity index is 1.35. The minimum atomic E-state index is -0.554. The summed E-state index contributed by atoms with van der Waals surface area (Å²) in [6.07, 6.45) is 6.05. The lowest BCUT2D eigenvalue weighted by molar-refractivity contribution is -0.116. The van der Waals surface area contributed by atoms with Gasteiger partial charge in [-0.25, -0.2) is 0 Å². The molecule has 48 heavy (non-hydrogen) atoms. The first-order chi connectivity index (χ1) is 23.3. The summed E-state index contributed by atoms with van der Waals surface area (Å²) >= 11 is 2.88. The van der Waals surface area contributed by atoms with E-state index in [2.05, 4.69) is 22.0 Å². The number of thiophene rings is 1. The number of nitriles is 1. The summed E-state index contributed by atoms with van der Waals surface area (Å²) in [4.78, 5) is 42.2. The Morgan fingerprint density at radius 3 is 2.48 bits per heavy atom. The number of benzene rings is 3. The highest BCUT2D eigenvalue weighted by molar-refractivity contribution is 8.00. The molecule has 4 aromatic rings. The fourth-order valence-electron chi connectivity index (χ4n) is 5.42. The highest BCUT2D eigenvalue weighted by Gasteiger charge is 2.25. The van der Waals surface area contributed by atoms with E-state index in [9.17, 15) is 19.6 Å². The summed E-state index contributed by atoms with van der Waals surface area (Å²) in [7, 11) is 3.02. The Hall–Kier alpha value is -5.05. The molecule has 11 heteroatoms. The maximum Gasteiger partial charge on any atom is 0.272 e. The van der Waals surface area contributed by atoms with Crippen molar-refractivity contribution in [3.05, 3.63) is 106 Å². The monoisotopic (exact) mass is 680 g/mol. The van der Waals surface area contributed by atoms with Gasteiger partial charge in [0.25, 0.3) is 11.8 Å². The van der Waals surface area contributed by atoms with E-state index < -0.39 is 17.1 Å². The van der Waals surface area contributed by atoms with Gasteiger partial charge >= 0.3 is 0 Å². The Morgan fingerprint density at radius 2 is 1.75 bits per heavy atom. The average molecular weight is 681 g/mol. The van der Waals surface area contributed by atoms with Crippen molar-refractivity contribution in [2.24, 2.45) is 0 Å². The van der Waals surface area contributed by atoms with Gasteiger partial charge in [-0.1, -0.05) is 43.3 Å². The third kappa shape index (κ3) is 8.08. The molecule has 1 heterocycles. The zero-order valence-electron chi connectivity index (χ0n) is 26.9. The zero-order valence-corrected chi connectivity index (χ0v) is 28.6. The molecular weight excluding hydrogens is 645 g/mol. The minimum absolute atomic E-state index is 0.00813. The van der Waals surface area contributed by atoms with E-state index in [0.717, 1.165) is 36.1 Å². The smallest absolute Gasteiger partial charge is 0.272 e. The predicted octanol–water partition coefficient (Wildman–Crippen LogP) is 7.43. The van der Waals surface area contributed by atoms with E-state index in [4.69, 9.17) is 9.47 Å². The first-order valence-corrected chi connectivity index (χ1v) is 17.3. The molecule has 0 aliphatic heterocycles. The Labute approximate surface area is 288 Å². The van der Waals surface area contributed by atoms with Crippen molar-refractivity contribution in [3.63, 3.8) is 0 Å². The number of carbonyl (C=O) groups is 3. The molecular formula is C37H36N4O5S2. The molecule has 3 aromatic carbocycles. The van der Waals surface area contributed by atoms with E-state index >= 15 is 0 Å². The Bertz CT molecular complexity index is 1880. The van der Waals surface area contributed by atoms with Crippen LogP contribution in [0.3, 0.4) is 0 Å². The lowest BCUT2D eigenvalue weighted by Crippen LogP contribution is -2.30. The molecule has 3 amide bonds. The van der Waals surface area contributed by atoms with Gasteiger partial charge < -0.3 is 25.4 Å². The van der Waals surface area contributed by atoms with Crippen molar-refractivity contribution in [2.45, 2.75) is 49.2 Å².